The molecule has 1 aromatic heterocycles. The molecule has 6 heteroatoms. The van der Waals surface area contributed by atoms with Crippen LogP contribution in [-0.4, -0.2) is 40.6 Å². The van der Waals surface area contributed by atoms with E-state index in [1.54, 1.807) is 4.90 Å². The molecule has 0 aliphatic carbocycles. The molecular formula is C12H22N4OS. The van der Waals surface area contributed by atoms with Crippen LogP contribution in [0.3, 0.4) is 0 Å². The Kier molecular flexibility index (Phi) is 6.04. The van der Waals surface area contributed by atoms with Crippen LogP contribution in [0.5, 0.6) is 0 Å². The minimum absolute atomic E-state index is 0.0435. The number of carbonyl (C=O) groups excluding carboxylic acids is 1. The summed E-state index contributed by atoms with van der Waals surface area (Å²) in [6.07, 6.45) is 3.09. The van der Waals surface area contributed by atoms with Gasteiger partial charge >= 0.3 is 0 Å². The van der Waals surface area contributed by atoms with Crippen LogP contribution in [0.1, 0.15) is 49.8 Å². The van der Waals surface area contributed by atoms with Gasteiger partial charge in [-0.05, 0) is 19.8 Å². The number of anilines is 1. The van der Waals surface area contributed by atoms with Crippen LogP contribution in [0.15, 0.2) is 0 Å². The molecule has 1 heterocycles. The van der Waals surface area contributed by atoms with E-state index in [-0.39, 0.29) is 11.9 Å². The Bertz CT molecular complexity index is 380. The van der Waals surface area contributed by atoms with Gasteiger partial charge in [-0.15, -0.1) is 10.2 Å². The van der Waals surface area contributed by atoms with Gasteiger partial charge in [-0.2, -0.15) is 0 Å². The second kappa shape index (κ2) is 7.31. The SMILES string of the molecule is CCCNc1nnc(C(=O)N(C)C(C)CCC)s1. The molecule has 1 atom stereocenters. The number of amides is 1. The minimum Gasteiger partial charge on any atom is -0.360 e. The maximum atomic E-state index is 12.2. The van der Waals surface area contributed by atoms with Gasteiger partial charge in [-0.3, -0.25) is 4.79 Å². The van der Waals surface area contributed by atoms with Crippen molar-refractivity contribution >= 4 is 22.4 Å². The molecule has 0 spiro atoms. The average molecular weight is 270 g/mol. The zero-order valence-corrected chi connectivity index (χ0v) is 12.4. The van der Waals surface area contributed by atoms with Crippen molar-refractivity contribution in [2.75, 3.05) is 18.9 Å². The van der Waals surface area contributed by atoms with Crippen molar-refractivity contribution in [3.63, 3.8) is 0 Å². The molecule has 0 bridgehead atoms. The van der Waals surface area contributed by atoms with Crippen molar-refractivity contribution < 1.29 is 4.79 Å². The van der Waals surface area contributed by atoms with Gasteiger partial charge in [-0.25, -0.2) is 0 Å². The van der Waals surface area contributed by atoms with Crippen molar-refractivity contribution in [1.29, 1.82) is 0 Å². The standard InChI is InChI=1S/C12H22N4OS/c1-5-7-9(3)16(4)11(17)10-14-15-12(18-10)13-8-6-2/h9H,5-8H2,1-4H3,(H,13,15). The third kappa shape index (κ3) is 3.94. The van der Waals surface area contributed by atoms with Crippen molar-refractivity contribution in [2.45, 2.75) is 46.1 Å². The number of carbonyl (C=O) groups is 1. The highest BCUT2D eigenvalue weighted by molar-refractivity contribution is 7.17. The van der Waals surface area contributed by atoms with Crippen LogP contribution in [-0.2, 0) is 0 Å². The summed E-state index contributed by atoms with van der Waals surface area (Å²) in [5.41, 5.74) is 0. The van der Waals surface area contributed by atoms with E-state index < -0.39 is 0 Å². The summed E-state index contributed by atoms with van der Waals surface area (Å²) in [5, 5.41) is 12.2. The third-order valence-electron chi connectivity index (χ3n) is 2.82. The Balaban J connectivity index is 2.63. The van der Waals surface area contributed by atoms with Crippen LogP contribution in [0.2, 0.25) is 0 Å². The summed E-state index contributed by atoms with van der Waals surface area (Å²) in [7, 11) is 1.82. The van der Waals surface area contributed by atoms with Crippen LogP contribution >= 0.6 is 11.3 Å². The quantitative estimate of drug-likeness (QED) is 0.827. The first-order valence-electron chi connectivity index (χ1n) is 6.44. The van der Waals surface area contributed by atoms with E-state index in [9.17, 15) is 4.79 Å². The first-order chi connectivity index (χ1) is 8.60. The smallest absolute Gasteiger partial charge is 0.284 e. The Morgan fingerprint density at radius 2 is 2.11 bits per heavy atom. The highest BCUT2D eigenvalue weighted by atomic mass is 32.1. The monoisotopic (exact) mass is 270 g/mol. The number of nitrogens with zero attached hydrogens (tertiary/aromatic N) is 3. The Morgan fingerprint density at radius 1 is 1.39 bits per heavy atom. The highest BCUT2D eigenvalue weighted by Crippen LogP contribution is 2.18. The first kappa shape index (κ1) is 14.9. The van der Waals surface area contributed by atoms with Gasteiger partial charge < -0.3 is 10.2 Å². The fourth-order valence-corrected chi connectivity index (χ4v) is 2.33. The van der Waals surface area contributed by atoms with Crippen molar-refractivity contribution in [3.05, 3.63) is 5.01 Å². The molecule has 0 aliphatic rings. The van der Waals surface area contributed by atoms with Crippen LogP contribution in [0.25, 0.3) is 0 Å². The van der Waals surface area contributed by atoms with Gasteiger partial charge in [0, 0.05) is 19.6 Å². The van der Waals surface area contributed by atoms with Crippen LogP contribution < -0.4 is 5.32 Å². The Labute approximate surface area is 113 Å². The summed E-state index contributed by atoms with van der Waals surface area (Å²) < 4.78 is 0. The Hall–Kier alpha value is -1.17. The Morgan fingerprint density at radius 3 is 2.72 bits per heavy atom. The van der Waals surface area contributed by atoms with Crippen LogP contribution in [0.4, 0.5) is 5.13 Å². The molecule has 0 aromatic carbocycles. The van der Waals surface area contributed by atoms with Gasteiger partial charge in [0.2, 0.25) is 10.1 Å². The number of rotatable bonds is 7. The van der Waals surface area contributed by atoms with Gasteiger partial charge in [0.15, 0.2) is 0 Å². The fourth-order valence-electron chi connectivity index (χ4n) is 1.58. The number of nitrogens with one attached hydrogen (secondary N) is 1. The van der Waals surface area contributed by atoms with Gasteiger partial charge in [0.25, 0.3) is 5.91 Å². The lowest BCUT2D eigenvalue weighted by Gasteiger charge is -2.23. The van der Waals surface area contributed by atoms with E-state index in [1.807, 2.05) is 7.05 Å². The molecular weight excluding hydrogens is 248 g/mol. The molecule has 1 unspecified atom stereocenters. The zero-order chi connectivity index (χ0) is 13.5. The highest BCUT2D eigenvalue weighted by Gasteiger charge is 2.20. The topological polar surface area (TPSA) is 58.1 Å². The summed E-state index contributed by atoms with van der Waals surface area (Å²) >= 11 is 1.32. The molecule has 0 saturated carbocycles. The summed E-state index contributed by atoms with van der Waals surface area (Å²) in [6.45, 7) is 7.11. The van der Waals surface area contributed by atoms with Crippen molar-refractivity contribution in [2.24, 2.45) is 0 Å². The summed E-state index contributed by atoms with van der Waals surface area (Å²) in [6, 6.07) is 0.235. The van der Waals surface area contributed by atoms with E-state index >= 15 is 0 Å². The number of aromatic nitrogens is 2. The second-order valence-corrected chi connectivity index (χ2v) is 5.37. The maximum Gasteiger partial charge on any atom is 0.284 e. The van der Waals surface area contributed by atoms with Gasteiger partial charge in [-0.1, -0.05) is 31.6 Å². The predicted octanol–water partition coefficient (Wildman–Crippen LogP) is 2.62. The lowest BCUT2D eigenvalue weighted by atomic mass is 10.2. The fraction of sp³-hybridized carbons (Fsp3) is 0.750. The number of hydrogen-bond acceptors (Lipinski definition) is 5. The van der Waals surface area contributed by atoms with E-state index in [0.29, 0.717) is 5.01 Å². The van der Waals surface area contributed by atoms with Gasteiger partial charge in [0.1, 0.15) is 0 Å². The maximum absolute atomic E-state index is 12.2. The average Bonchev–Trinajstić information content (AvgIpc) is 2.83. The molecule has 102 valence electrons. The largest absolute Gasteiger partial charge is 0.360 e. The van der Waals surface area contributed by atoms with Crippen molar-refractivity contribution in [1.82, 2.24) is 15.1 Å². The summed E-state index contributed by atoms with van der Waals surface area (Å²) in [5.74, 6) is -0.0435. The summed E-state index contributed by atoms with van der Waals surface area (Å²) in [4.78, 5) is 13.9. The lowest BCUT2D eigenvalue weighted by molar-refractivity contribution is 0.0735. The van der Waals surface area contributed by atoms with Gasteiger partial charge in [0.05, 0.1) is 0 Å². The third-order valence-corrected chi connectivity index (χ3v) is 3.69. The minimum atomic E-state index is -0.0435. The molecule has 1 aromatic rings. The van der Waals surface area contributed by atoms with E-state index in [4.69, 9.17) is 0 Å². The van der Waals surface area contributed by atoms with E-state index in [2.05, 4.69) is 36.3 Å². The van der Waals surface area contributed by atoms with E-state index in [0.717, 1.165) is 30.9 Å². The molecule has 1 N–H and O–H groups in total. The normalized spacial score (nSPS) is 12.2. The predicted molar refractivity (Wildman–Crippen MR) is 75.2 cm³/mol. The lowest BCUT2D eigenvalue weighted by Crippen LogP contribution is -2.34. The molecule has 18 heavy (non-hydrogen) atoms. The molecule has 0 saturated heterocycles. The zero-order valence-electron chi connectivity index (χ0n) is 11.6. The number of hydrogen-bond donors (Lipinski definition) is 1. The van der Waals surface area contributed by atoms with Crippen LogP contribution in [0, 0.1) is 0 Å². The molecule has 1 amide bonds. The molecule has 5 nitrogen and oxygen atoms in total. The molecule has 0 fully saturated rings. The molecule has 1 rings (SSSR count). The molecule has 0 aliphatic heterocycles. The molecule has 0 radical (unpaired) electrons. The first-order valence-corrected chi connectivity index (χ1v) is 7.26. The van der Waals surface area contributed by atoms with Crippen molar-refractivity contribution in [3.8, 4) is 0 Å². The second-order valence-electron chi connectivity index (χ2n) is 4.39. The van der Waals surface area contributed by atoms with E-state index in [1.165, 1.54) is 11.3 Å².